The number of nitrogens with one attached hydrogen (secondary N) is 2. The van der Waals surface area contributed by atoms with Gasteiger partial charge in [0.05, 0.1) is 28.8 Å². The van der Waals surface area contributed by atoms with Crippen LogP contribution in [0.2, 0.25) is 10.0 Å². The molecule has 0 spiro atoms. The summed E-state index contributed by atoms with van der Waals surface area (Å²) in [6, 6.07) is 4.38. The van der Waals surface area contributed by atoms with E-state index in [0.717, 1.165) is 11.3 Å². The molecule has 0 saturated heterocycles. The highest BCUT2D eigenvalue weighted by molar-refractivity contribution is 7.80. The van der Waals surface area contributed by atoms with Crippen LogP contribution in [0, 0.1) is 6.92 Å². The van der Waals surface area contributed by atoms with E-state index < -0.39 is 17.8 Å². The molecule has 2 N–H and O–H groups in total. The molecule has 2 rings (SSSR count). The number of anilines is 1. The van der Waals surface area contributed by atoms with Crippen molar-refractivity contribution in [2.24, 2.45) is 0 Å². The third-order valence-corrected chi connectivity index (χ3v) is 5.85. The van der Waals surface area contributed by atoms with Crippen molar-refractivity contribution in [2.75, 3.05) is 18.5 Å². The van der Waals surface area contributed by atoms with Crippen molar-refractivity contribution in [3.8, 4) is 0 Å². The summed E-state index contributed by atoms with van der Waals surface area (Å²) < 4.78 is 10.1. The molecule has 1 aromatic heterocycles. The Labute approximate surface area is 192 Å². The number of carbonyl (C=O) groups is 3. The standard InChI is InChI=1S/C19H18Cl2N2O5S2/c1-4-27-17(25)13-9(3)14(18(26)28-5-2)30-16(13)23-19(29)22-15(24)10-6-7-11(20)12(21)8-10/h6-8H,4-5H2,1-3H3,(H2,22,23,24,29). The molecule has 1 aromatic carbocycles. The van der Waals surface area contributed by atoms with Crippen LogP contribution >= 0.6 is 46.8 Å². The van der Waals surface area contributed by atoms with Crippen LogP contribution in [0.15, 0.2) is 18.2 Å². The van der Waals surface area contributed by atoms with Crippen molar-refractivity contribution < 1.29 is 23.9 Å². The molecule has 1 amide bonds. The van der Waals surface area contributed by atoms with E-state index in [1.165, 1.54) is 18.2 Å². The quantitative estimate of drug-likeness (QED) is 0.443. The molecule has 0 aliphatic heterocycles. The second-order valence-electron chi connectivity index (χ2n) is 5.74. The first kappa shape index (κ1) is 24.1. The molecule has 0 bridgehead atoms. The predicted octanol–water partition coefficient (Wildman–Crippen LogP) is 4.84. The number of thiocarbonyl (C=S) groups is 1. The third kappa shape index (κ3) is 5.69. The maximum absolute atomic E-state index is 12.4. The van der Waals surface area contributed by atoms with Crippen molar-refractivity contribution in [2.45, 2.75) is 20.8 Å². The van der Waals surface area contributed by atoms with Gasteiger partial charge in [-0.1, -0.05) is 23.2 Å². The lowest BCUT2D eigenvalue weighted by Gasteiger charge is -2.10. The maximum atomic E-state index is 12.4. The van der Waals surface area contributed by atoms with Crippen molar-refractivity contribution in [1.82, 2.24) is 5.32 Å². The molecule has 0 fully saturated rings. The summed E-state index contributed by atoms with van der Waals surface area (Å²) in [5.41, 5.74) is 0.794. The summed E-state index contributed by atoms with van der Waals surface area (Å²) in [6.07, 6.45) is 0. The number of ether oxygens (including phenoxy) is 2. The first-order valence-corrected chi connectivity index (χ1v) is 10.7. The van der Waals surface area contributed by atoms with Gasteiger partial charge in [-0.25, -0.2) is 9.59 Å². The average molecular weight is 489 g/mol. The van der Waals surface area contributed by atoms with Gasteiger partial charge >= 0.3 is 11.9 Å². The molecule has 0 radical (unpaired) electrons. The maximum Gasteiger partial charge on any atom is 0.348 e. The van der Waals surface area contributed by atoms with E-state index in [2.05, 4.69) is 10.6 Å². The normalized spacial score (nSPS) is 10.3. The monoisotopic (exact) mass is 488 g/mol. The summed E-state index contributed by atoms with van der Waals surface area (Å²) in [4.78, 5) is 37.2. The zero-order valence-electron chi connectivity index (χ0n) is 16.3. The van der Waals surface area contributed by atoms with E-state index >= 15 is 0 Å². The lowest BCUT2D eigenvalue weighted by Crippen LogP contribution is -2.34. The third-order valence-electron chi connectivity index (χ3n) is 3.72. The Morgan fingerprint density at radius 2 is 1.70 bits per heavy atom. The molecule has 11 heteroatoms. The minimum Gasteiger partial charge on any atom is -0.462 e. The molecule has 0 aliphatic rings. The minimum atomic E-state index is -0.622. The first-order valence-electron chi connectivity index (χ1n) is 8.74. The van der Waals surface area contributed by atoms with Gasteiger partial charge in [0.1, 0.15) is 9.88 Å². The van der Waals surface area contributed by atoms with Gasteiger partial charge in [-0.2, -0.15) is 0 Å². The van der Waals surface area contributed by atoms with Crippen molar-refractivity contribution in [3.05, 3.63) is 49.8 Å². The van der Waals surface area contributed by atoms with Gasteiger partial charge < -0.3 is 14.8 Å². The molecule has 2 aromatic rings. The Hall–Kier alpha value is -2.20. The van der Waals surface area contributed by atoms with Gasteiger partial charge in [-0.3, -0.25) is 10.1 Å². The van der Waals surface area contributed by atoms with Crippen LogP contribution in [0.4, 0.5) is 5.00 Å². The number of carbonyl (C=O) groups excluding carboxylic acids is 3. The number of benzene rings is 1. The molecule has 0 atom stereocenters. The van der Waals surface area contributed by atoms with Crippen molar-refractivity contribution in [3.63, 3.8) is 0 Å². The highest BCUT2D eigenvalue weighted by Crippen LogP contribution is 2.34. The van der Waals surface area contributed by atoms with E-state index in [4.69, 9.17) is 44.9 Å². The van der Waals surface area contributed by atoms with Crippen LogP contribution in [0.5, 0.6) is 0 Å². The summed E-state index contributed by atoms with van der Waals surface area (Å²) in [5.74, 6) is -1.71. The van der Waals surface area contributed by atoms with E-state index in [0.29, 0.717) is 10.6 Å². The summed E-state index contributed by atoms with van der Waals surface area (Å²) in [5, 5.41) is 5.99. The first-order chi connectivity index (χ1) is 14.2. The number of thiophene rings is 1. The van der Waals surface area contributed by atoms with Gasteiger partial charge in [0.25, 0.3) is 5.91 Å². The van der Waals surface area contributed by atoms with Crippen LogP contribution in [0.1, 0.15) is 49.8 Å². The second kappa shape index (κ2) is 10.7. The molecule has 0 unspecified atom stereocenters. The van der Waals surface area contributed by atoms with Gasteiger partial charge in [0.15, 0.2) is 5.11 Å². The lowest BCUT2D eigenvalue weighted by atomic mass is 10.1. The summed E-state index contributed by atoms with van der Waals surface area (Å²) >= 11 is 18.0. The average Bonchev–Trinajstić information content (AvgIpc) is 3.00. The Morgan fingerprint density at radius 3 is 2.30 bits per heavy atom. The number of halogens is 2. The Balaban J connectivity index is 2.26. The second-order valence-corrected chi connectivity index (χ2v) is 7.98. The Bertz CT molecular complexity index is 1010. The Kier molecular flexibility index (Phi) is 8.60. The molecule has 7 nitrogen and oxygen atoms in total. The van der Waals surface area contributed by atoms with Gasteiger partial charge in [-0.15, -0.1) is 11.3 Å². The zero-order chi connectivity index (χ0) is 22.4. The SMILES string of the molecule is CCOC(=O)c1sc(NC(=S)NC(=O)c2ccc(Cl)c(Cl)c2)c(C(=O)OCC)c1C. The molecule has 0 saturated carbocycles. The molecule has 160 valence electrons. The van der Waals surface area contributed by atoms with E-state index in [-0.39, 0.29) is 44.4 Å². The van der Waals surface area contributed by atoms with Gasteiger partial charge in [0.2, 0.25) is 0 Å². The Morgan fingerprint density at radius 1 is 1.07 bits per heavy atom. The molecule has 30 heavy (non-hydrogen) atoms. The predicted molar refractivity (Wildman–Crippen MR) is 121 cm³/mol. The fraction of sp³-hybridized carbons (Fsp3) is 0.263. The highest BCUT2D eigenvalue weighted by atomic mass is 35.5. The number of rotatable bonds is 6. The highest BCUT2D eigenvalue weighted by Gasteiger charge is 2.27. The number of amides is 1. The number of esters is 2. The topological polar surface area (TPSA) is 93.7 Å². The minimum absolute atomic E-state index is 0.0757. The van der Waals surface area contributed by atoms with E-state index in [9.17, 15) is 14.4 Å². The van der Waals surface area contributed by atoms with E-state index in [1.54, 1.807) is 20.8 Å². The van der Waals surface area contributed by atoms with Gasteiger partial charge in [0, 0.05) is 5.56 Å². The van der Waals surface area contributed by atoms with Crippen molar-refractivity contribution in [1.29, 1.82) is 0 Å². The van der Waals surface area contributed by atoms with Crippen LogP contribution in [0.3, 0.4) is 0 Å². The zero-order valence-corrected chi connectivity index (χ0v) is 19.4. The molecular formula is C19H18Cl2N2O5S2. The van der Waals surface area contributed by atoms with Crippen molar-refractivity contribution >= 4 is 74.7 Å². The fourth-order valence-corrected chi connectivity index (χ4v) is 4.04. The summed E-state index contributed by atoms with van der Waals surface area (Å²) in [6.45, 7) is 5.30. The lowest BCUT2D eigenvalue weighted by molar-refractivity contribution is 0.0527. The molecular weight excluding hydrogens is 471 g/mol. The number of hydrogen-bond acceptors (Lipinski definition) is 7. The smallest absolute Gasteiger partial charge is 0.348 e. The van der Waals surface area contributed by atoms with Crippen LogP contribution < -0.4 is 10.6 Å². The number of hydrogen-bond donors (Lipinski definition) is 2. The summed E-state index contributed by atoms with van der Waals surface area (Å²) in [7, 11) is 0. The van der Waals surface area contributed by atoms with Gasteiger partial charge in [-0.05, 0) is 56.8 Å². The van der Waals surface area contributed by atoms with Crippen LogP contribution in [-0.4, -0.2) is 36.2 Å². The molecule has 1 heterocycles. The largest absolute Gasteiger partial charge is 0.462 e. The van der Waals surface area contributed by atoms with Crippen LogP contribution in [0.25, 0.3) is 0 Å². The van der Waals surface area contributed by atoms with Crippen LogP contribution in [-0.2, 0) is 9.47 Å². The van der Waals surface area contributed by atoms with E-state index in [1.807, 2.05) is 0 Å². The molecule has 0 aliphatic carbocycles. The fourth-order valence-electron chi connectivity index (χ4n) is 2.39.